The fourth-order valence-corrected chi connectivity index (χ4v) is 3.30. The van der Waals surface area contributed by atoms with Crippen molar-refractivity contribution in [2.75, 3.05) is 0 Å². The van der Waals surface area contributed by atoms with Crippen LogP contribution >= 0.6 is 0 Å². The highest BCUT2D eigenvalue weighted by atomic mass is 15.3. The molecule has 1 aromatic heterocycles. The topological polar surface area (TPSA) is 43.8 Å². The third-order valence-electron chi connectivity index (χ3n) is 4.43. The lowest BCUT2D eigenvalue weighted by Gasteiger charge is -2.32. The molecule has 0 radical (unpaired) electrons. The summed E-state index contributed by atoms with van der Waals surface area (Å²) in [4.78, 5) is 0. The number of aryl methyl sites for hydroxylation is 1. The molecule has 1 aliphatic rings. The van der Waals surface area contributed by atoms with E-state index in [9.17, 15) is 0 Å². The summed E-state index contributed by atoms with van der Waals surface area (Å²) in [7, 11) is 0. The summed E-state index contributed by atoms with van der Waals surface area (Å²) in [5, 5.41) is 4.40. The maximum absolute atomic E-state index is 6.50. The minimum Gasteiger partial charge on any atom is -0.322 e. The van der Waals surface area contributed by atoms with E-state index >= 15 is 0 Å². The standard InChI is InChI=1S/C15H27N3/c1-3-10-18-14(8-9-17-18)15(16)13-7-5-6-12(4-2)11-13/h8-9,12-13,15H,3-7,10-11,16H2,1-2H3. The maximum Gasteiger partial charge on any atom is 0.0554 e. The Kier molecular flexibility index (Phi) is 4.81. The van der Waals surface area contributed by atoms with Gasteiger partial charge in [-0.3, -0.25) is 4.68 Å². The number of rotatable bonds is 5. The molecule has 1 aromatic rings. The lowest BCUT2D eigenvalue weighted by Crippen LogP contribution is -2.28. The highest BCUT2D eigenvalue weighted by Gasteiger charge is 2.28. The fraction of sp³-hybridized carbons (Fsp3) is 0.800. The SMILES string of the molecule is CCCn1nccc1C(N)C1CCCC(CC)C1. The van der Waals surface area contributed by atoms with Crippen molar-refractivity contribution in [3.05, 3.63) is 18.0 Å². The summed E-state index contributed by atoms with van der Waals surface area (Å²) < 4.78 is 2.10. The summed E-state index contributed by atoms with van der Waals surface area (Å²) in [5.74, 6) is 1.54. The summed E-state index contributed by atoms with van der Waals surface area (Å²) in [6, 6.07) is 2.28. The molecule has 102 valence electrons. The molecule has 1 fully saturated rings. The largest absolute Gasteiger partial charge is 0.322 e. The summed E-state index contributed by atoms with van der Waals surface area (Å²) in [6.07, 6.45) is 9.64. The van der Waals surface area contributed by atoms with Crippen LogP contribution in [0.1, 0.15) is 64.1 Å². The Hall–Kier alpha value is -0.830. The molecule has 0 aromatic carbocycles. The van der Waals surface area contributed by atoms with E-state index in [1.165, 1.54) is 37.8 Å². The monoisotopic (exact) mass is 249 g/mol. The van der Waals surface area contributed by atoms with Gasteiger partial charge in [0.2, 0.25) is 0 Å². The predicted octanol–water partition coefficient (Wildman–Crippen LogP) is 3.51. The number of aromatic nitrogens is 2. The van der Waals surface area contributed by atoms with Gasteiger partial charge in [0, 0.05) is 18.8 Å². The first-order chi connectivity index (χ1) is 8.76. The van der Waals surface area contributed by atoms with Crippen molar-refractivity contribution in [1.29, 1.82) is 0 Å². The van der Waals surface area contributed by atoms with Crippen LogP contribution in [0.25, 0.3) is 0 Å². The van der Waals surface area contributed by atoms with Gasteiger partial charge in [-0.05, 0) is 37.2 Å². The number of nitrogens with two attached hydrogens (primary N) is 1. The highest BCUT2D eigenvalue weighted by molar-refractivity contribution is 5.08. The normalized spacial score (nSPS) is 26.2. The molecule has 3 atom stereocenters. The van der Waals surface area contributed by atoms with Gasteiger partial charge in [0.05, 0.1) is 5.69 Å². The smallest absolute Gasteiger partial charge is 0.0554 e. The van der Waals surface area contributed by atoms with E-state index in [4.69, 9.17) is 5.73 Å². The van der Waals surface area contributed by atoms with Crippen molar-refractivity contribution in [3.8, 4) is 0 Å². The lowest BCUT2D eigenvalue weighted by atomic mass is 9.76. The second-order valence-electron chi connectivity index (χ2n) is 5.71. The van der Waals surface area contributed by atoms with Crippen molar-refractivity contribution in [1.82, 2.24) is 9.78 Å². The van der Waals surface area contributed by atoms with E-state index in [0.29, 0.717) is 5.92 Å². The summed E-state index contributed by atoms with van der Waals surface area (Å²) in [6.45, 7) is 5.48. The van der Waals surface area contributed by atoms with E-state index in [1.54, 1.807) is 0 Å². The Morgan fingerprint density at radius 3 is 3.00 bits per heavy atom. The van der Waals surface area contributed by atoms with E-state index in [-0.39, 0.29) is 6.04 Å². The van der Waals surface area contributed by atoms with Gasteiger partial charge < -0.3 is 5.73 Å². The van der Waals surface area contributed by atoms with Crippen LogP contribution in [0.4, 0.5) is 0 Å². The van der Waals surface area contributed by atoms with E-state index < -0.39 is 0 Å². The minimum absolute atomic E-state index is 0.174. The second-order valence-corrected chi connectivity index (χ2v) is 5.71. The first-order valence-electron chi connectivity index (χ1n) is 7.53. The Bertz CT molecular complexity index is 358. The summed E-state index contributed by atoms with van der Waals surface area (Å²) in [5.41, 5.74) is 7.74. The molecule has 3 nitrogen and oxygen atoms in total. The van der Waals surface area contributed by atoms with Crippen LogP contribution in [-0.4, -0.2) is 9.78 Å². The molecule has 2 N–H and O–H groups in total. The Morgan fingerprint density at radius 2 is 2.28 bits per heavy atom. The predicted molar refractivity (Wildman–Crippen MR) is 75.2 cm³/mol. The molecule has 1 aliphatic carbocycles. The van der Waals surface area contributed by atoms with Gasteiger partial charge in [-0.15, -0.1) is 0 Å². The van der Waals surface area contributed by atoms with Crippen LogP contribution in [0.2, 0.25) is 0 Å². The van der Waals surface area contributed by atoms with Gasteiger partial charge >= 0.3 is 0 Å². The number of hydrogen-bond acceptors (Lipinski definition) is 2. The zero-order valence-electron chi connectivity index (χ0n) is 11.8. The molecule has 0 aliphatic heterocycles. The van der Waals surface area contributed by atoms with Gasteiger partial charge in [0.1, 0.15) is 0 Å². The van der Waals surface area contributed by atoms with Crippen LogP contribution in [0.15, 0.2) is 12.3 Å². The molecule has 3 heteroatoms. The molecular formula is C15H27N3. The van der Waals surface area contributed by atoms with Crippen molar-refractivity contribution in [3.63, 3.8) is 0 Å². The highest BCUT2D eigenvalue weighted by Crippen LogP contribution is 2.37. The van der Waals surface area contributed by atoms with E-state index in [1.807, 2.05) is 6.20 Å². The maximum atomic E-state index is 6.50. The van der Waals surface area contributed by atoms with E-state index in [2.05, 4.69) is 29.7 Å². The minimum atomic E-state index is 0.174. The average molecular weight is 249 g/mol. The number of hydrogen-bond donors (Lipinski definition) is 1. The Morgan fingerprint density at radius 1 is 1.44 bits per heavy atom. The molecule has 0 saturated heterocycles. The van der Waals surface area contributed by atoms with Gasteiger partial charge in [0.25, 0.3) is 0 Å². The van der Waals surface area contributed by atoms with Crippen molar-refractivity contribution < 1.29 is 0 Å². The van der Waals surface area contributed by atoms with Crippen LogP contribution in [0.5, 0.6) is 0 Å². The molecule has 1 heterocycles. The molecular weight excluding hydrogens is 222 g/mol. The van der Waals surface area contributed by atoms with Crippen LogP contribution < -0.4 is 5.73 Å². The van der Waals surface area contributed by atoms with Crippen molar-refractivity contribution in [2.45, 2.75) is 65.0 Å². The second kappa shape index (κ2) is 6.37. The molecule has 0 amide bonds. The van der Waals surface area contributed by atoms with Gasteiger partial charge in [-0.2, -0.15) is 5.10 Å². The first kappa shape index (κ1) is 13.6. The molecule has 1 saturated carbocycles. The van der Waals surface area contributed by atoms with Crippen LogP contribution in [0.3, 0.4) is 0 Å². The third-order valence-corrected chi connectivity index (χ3v) is 4.43. The Labute approximate surface area is 111 Å². The molecule has 0 spiro atoms. The quantitative estimate of drug-likeness (QED) is 0.868. The Balaban J connectivity index is 2.05. The van der Waals surface area contributed by atoms with Gasteiger partial charge in [-0.25, -0.2) is 0 Å². The zero-order valence-corrected chi connectivity index (χ0v) is 11.8. The third kappa shape index (κ3) is 2.94. The van der Waals surface area contributed by atoms with Crippen molar-refractivity contribution in [2.24, 2.45) is 17.6 Å². The molecule has 2 rings (SSSR count). The summed E-state index contributed by atoms with van der Waals surface area (Å²) >= 11 is 0. The van der Waals surface area contributed by atoms with Gasteiger partial charge in [0.15, 0.2) is 0 Å². The van der Waals surface area contributed by atoms with Gasteiger partial charge in [-0.1, -0.05) is 33.1 Å². The van der Waals surface area contributed by atoms with Crippen LogP contribution in [0, 0.1) is 11.8 Å². The average Bonchev–Trinajstić information content (AvgIpc) is 2.86. The first-order valence-corrected chi connectivity index (χ1v) is 7.53. The number of nitrogens with zero attached hydrogens (tertiary/aromatic N) is 2. The van der Waals surface area contributed by atoms with E-state index in [0.717, 1.165) is 18.9 Å². The zero-order chi connectivity index (χ0) is 13.0. The van der Waals surface area contributed by atoms with Crippen LogP contribution in [-0.2, 0) is 6.54 Å². The molecule has 18 heavy (non-hydrogen) atoms. The molecule has 0 bridgehead atoms. The molecule has 3 unspecified atom stereocenters. The van der Waals surface area contributed by atoms with Crippen molar-refractivity contribution >= 4 is 0 Å². The fourth-order valence-electron chi connectivity index (χ4n) is 3.30. The lowest BCUT2D eigenvalue weighted by molar-refractivity contribution is 0.225.